The van der Waals surface area contributed by atoms with Crippen LogP contribution in [0.1, 0.15) is 38.5 Å². The number of carbonyl (C=O) groups excluding carboxylic acids is 2. The number of primary amides is 1. The number of aromatic nitrogens is 2. The fourth-order valence-electron chi connectivity index (χ4n) is 2.71. The fraction of sp³-hybridized carbons (Fsp3) is 0.250. The van der Waals surface area contributed by atoms with Crippen LogP contribution in [0.4, 0.5) is 5.69 Å². The third-order valence-electron chi connectivity index (χ3n) is 3.76. The van der Waals surface area contributed by atoms with Crippen molar-refractivity contribution in [3.8, 4) is 0 Å². The molecule has 1 aliphatic rings. The Morgan fingerprint density at radius 3 is 2.73 bits per heavy atom. The third kappa shape index (κ3) is 2.43. The van der Waals surface area contributed by atoms with Crippen LogP contribution in [0.15, 0.2) is 30.6 Å². The van der Waals surface area contributed by atoms with Crippen LogP contribution in [0.25, 0.3) is 0 Å². The van der Waals surface area contributed by atoms with Crippen molar-refractivity contribution in [2.45, 2.75) is 19.8 Å². The summed E-state index contributed by atoms with van der Waals surface area (Å²) in [6.45, 7) is 2.40. The van der Waals surface area contributed by atoms with Gasteiger partial charge in [0.05, 0.1) is 11.9 Å². The minimum absolute atomic E-state index is 0.213. The minimum atomic E-state index is -0.471. The van der Waals surface area contributed by atoms with Gasteiger partial charge in [-0.2, -0.15) is 0 Å². The quantitative estimate of drug-likeness (QED) is 0.909. The SMILES string of the molecule is Cc1cnc(C(=O)N2CCCc3c(C(N)=O)cccc32)cn1. The maximum atomic E-state index is 12.7. The molecule has 0 spiro atoms. The van der Waals surface area contributed by atoms with Gasteiger partial charge in [-0.3, -0.25) is 14.6 Å². The van der Waals surface area contributed by atoms with Gasteiger partial charge in [0.1, 0.15) is 5.69 Å². The van der Waals surface area contributed by atoms with E-state index in [1.807, 2.05) is 13.0 Å². The standard InChI is InChI=1S/C16H16N4O2/c1-10-8-19-13(9-18-10)16(22)20-7-3-5-11-12(15(17)21)4-2-6-14(11)20/h2,4,6,8-9H,3,5,7H2,1H3,(H2,17,21). The van der Waals surface area contributed by atoms with Gasteiger partial charge in [0.2, 0.25) is 5.91 Å². The molecule has 1 aromatic heterocycles. The number of aryl methyl sites for hydroxylation is 1. The van der Waals surface area contributed by atoms with E-state index in [0.717, 1.165) is 29.8 Å². The summed E-state index contributed by atoms with van der Waals surface area (Å²) >= 11 is 0. The summed E-state index contributed by atoms with van der Waals surface area (Å²) in [4.78, 5) is 34.1. The summed E-state index contributed by atoms with van der Waals surface area (Å²) in [5.41, 5.74) is 8.51. The Balaban J connectivity index is 2.01. The Morgan fingerprint density at radius 2 is 2.05 bits per heavy atom. The summed E-state index contributed by atoms with van der Waals surface area (Å²) in [6, 6.07) is 5.27. The van der Waals surface area contributed by atoms with Crippen LogP contribution in [-0.2, 0) is 6.42 Å². The molecule has 2 amide bonds. The molecule has 0 saturated carbocycles. The zero-order valence-electron chi connectivity index (χ0n) is 12.2. The maximum absolute atomic E-state index is 12.7. The van der Waals surface area contributed by atoms with Crippen LogP contribution in [0.2, 0.25) is 0 Å². The van der Waals surface area contributed by atoms with E-state index in [-0.39, 0.29) is 5.91 Å². The van der Waals surface area contributed by atoms with E-state index in [1.165, 1.54) is 6.20 Å². The lowest BCUT2D eigenvalue weighted by Gasteiger charge is -2.30. The average molecular weight is 296 g/mol. The molecule has 1 aromatic carbocycles. The van der Waals surface area contributed by atoms with E-state index in [1.54, 1.807) is 23.2 Å². The number of fused-ring (bicyclic) bond motifs is 1. The molecule has 0 atom stereocenters. The van der Waals surface area contributed by atoms with E-state index < -0.39 is 5.91 Å². The van der Waals surface area contributed by atoms with Gasteiger partial charge in [-0.05, 0) is 37.5 Å². The molecule has 0 aliphatic carbocycles. The highest BCUT2D eigenvalue weighted by molar-refractivity contribution is 6.06. The fourth-order valence-corrected chi connectivity index (χ4v) is 2.71. The molecule has 0 radical (unpaired) electrons. The molecule has 2 heterocycles. The third-order valence-corrected chi connectivity index (χ3v) is 3.76. The number of anilines is 1. The molecule has 2 aromatic rings. The first kappa shape index (κ1) is 14.2. The highest BCUT2D eigenvalue weighted by Crippen LogP contribution is 2.30. The van der Waals surface area contributed by atoms with Crippen LogP contribution in [0.3, 0.4) is 0 Å². The molecule has 0 saturated heterocycles. The summed E-state index contributed by atoms with van der Waals surface area (Å²) in [6.07, 6.45) is 4.56. The van der Waals surface area contributed by atoms with Gasteiger partial charge in [-0.1, -0.05) is 6.07 Å². The van der Waals surface area contributed by atoms with Gasteiger partial charge in [0.15, 0.2) is 0 Å². The van der Waals surface area contributed by atoms with E-state index in [2.05, 4.69) is 9.97 Å². The van der Waals surface area contributed by atoms with Crippen LogP contribution in [0.5, 0.6) is 0 Å². The van der Waals surface area contributed by atoms with E-state index in [4.69, 9.17) is 5.73 Å². The normalized spacial score (nSPS) is 13.6. The van der Waals surface area contributed by atoms with E-state index in [9.17, 15) is 9.59 Å². The number of nitrogens with two attached hydrogens (primary N) is 1. The minimum Gasteiger partial charge on any atom is -0.366 e. The number of benzene rings is 1. The second-order valence-electron chi connectivity index (χ2n) is 5.27. The first-order valence-corrected chi connectivity index (χ1v) is 7.10. The second-order valence-corrected chi connectivity index (χ2v) is 5.27. The average Bonchev–Trinajstić information content (AvgIpc) is 2.53. The smallest absolute Gasteiger partial charge is 0.278 e. The van der Waals surface area contributed by atoms with Crippen molar-refractivity contribution in [1.29, 1.82) is 0 Å². The molecule has 6 heteroatoms. The summed E-state index contributed by atoms with van der Waals surface area (Å²) in [5, 5.41) is 0. The predicted molar refractivity (Wildman–Crippen MR) is 81.7 cm³/mol. The predicted octanol–water partition coefficient (Wildman–Crippen LogP) is 1.48. The highest BCUT2D eigenvalue weighted by Gasteiger charge is 2.26. The van der Waals surface area contributed by atoms with Crippen molar-refractivity contribution in [3.05, 3.63) is 53.1 Å². The number of hydrogen-bond donors (Lipinski definition) is 1. The molecule has 6 nitrogen and oxygen atoms in total. The second kappa shape index (κ2) is 5.55. The summed E-state index contributed by atoms with van der Waals surface area (Å²) in [5.74, 6) is -0.684. The van der Waals surface area contributed by atoms with Crippen molar-refractivity contribution in [2.75, 3.05) is 11.4 Å². The van der Waals surface area contributed by atoms with Crippen molar-refractivity contribution < 1.29 is 9.59 Å². The first-order valence-electron chi connectivity index (χ1n) is 7.10. The molecule has 112 valence electrons. The molecule has 3 rings (SSSR count). The number of nitrogens with zero attached hydrogens (tertiary/aromatic N) is 3. The first-order chi connectivity index (χ1) is 10.6. The molecule has 22 heavy (non-hydrogen) atoms. The van der Waals surface area contributed by atoms with Crippen LogP contribution < -0.4 is 10.6 Å². The Morgan fingerprint density at radius 1 is 1.23 bits per heavy atom. The zero-order valence-corrected chi connectivity index (χ0v) is 12.2. The largest absolute Gasteiger partial charge is 0.366 e. The molecule has 0 bridgehead atoms. The van der Waals surface area contributed by atoms with E-state index >= 15 is 0 Å². The number of rotatable bonds is 2. The Labute approximate surface area is 128 Å². The number of carbonyl (C=O) groups is 2. The zero-order chi connectivity index (χ0) is 15.7. The van der Waals surface area contributed by atoms with Crippen LogP contribution in [0, 0.1) is 6.92 Å². The topological polar surface area (TPSA) is 89.2 Å². The lowest BCUT2D eigenvalue weighted by atomic mass is 9.95. The van der Waals surface area contributed by atoms with E-state index in [0.29, 0.717) is 17.8 Å². The van der Waals surface area contributed by atoms with Gasteiger partial charge in [0.25, 0.3) is 5.91 Å². The molecular weight excluding hydrogens is 280 g/mol. The number of amides is 2. The van der Waals surface area contributed by atoms with Gasteiger partial charge < -0.3 is 10.6 Å². The molecule has 1 aliphatic heterocycles. The molecule has 0 fully saturated rings. The number of hydrogen-bond acceptors (Lipinski definition) is 4. The summed E-state index contributed by atoms with van der Waals surface area (Å²) < 4.78 is 0. The monoisotopic (exact) mass is 296 g/mol. The lowest BCUT2D eigenvalue weighted by Crippen LogP contribution is -2.37. The van der Waals surface area contributed by atoms with Gasteiger partial charge in [-0.25, -0.2) is 4.98 Å². The Hall–Kier alpha value is -2.76. The van der Waals surface area contributed by atoms with Crippen molar-refractivity contribution >= 4 is 17.5 Å². The van der Waals surface area contributed by atoms with Crippen LogP contribution in [-0.4, -0.2) is 28.3 Å². The molecular formula is C16H16N4O2. The van der Waals surface area contributed by atoms with Crippen molar-refractivity contribution in [1.82, 2.24) is 9.97 Å². The van der Waals surface area contributed by atoms with Gasteiger partial charge >= 0.3 is 0 Å². The summed E-state index contributed by atoms with van der Waals surface area (Å²) in [7, 11) is 0. The Kier molecular flexibility index (Phi) is 3.58. The lowest BCUT2D eigenvalue weighted by molar-refractivity contribution is 0.0973. The highest BCUT2D eigenvalue weighted by atomic mass is 16.2. The molecule has 2 N–H and O–H groups in total. The van der Waals surface area contributed by atoms with Crippen molar-refractivity contribution in [3.63, 3.8) is 0 Å². The van der Waals surface area contributed by atoms with Gasteiger partial charge in [-0.15, -0.1) is 0 Å². The van der Waals surface area contributed by atoms with Crippen molar-refractivity contribution in [2.24, 2.45) is 5.73 Å². The molecule has 0 unspecified atom stereocenters. The Bertz CT molecular complexity index is 740. The maximum Gasteiger partial charge on any atom is 0.278 e. The van der Waals surface area contributed by atoms with Gasteiger partial charge in [0, 0.05) is 24.0 Å². The van der Waals surface area contributed by atoms with Crippen LogP contribution >= 0.6 is 0 Å².